The highest BCUT2D eigenvalue weighted by atomic mass is 16.7. The van der Waals surface area contributed by atoms with E-state index in [0.29, 0.717) is 17.2 Å². The number of anilines is 1. The Bertz CT molecular complexity index is 1660. The second-order valence-electron chi connectivity index (χ2n) is 12.9. The number of hydrogen-bond donors (Lipinski definition) is 1. The lowest BCUT2D eigenvalue weighted by molar-refractivity contribution is -0.122. The summed E-state index contributed by atoms with van der Waals surface area (Å²) in [6.45, 7) is 4.09. The molecular formula is C34H33N3O5. The van der Waals surface area contributed by atoms with Crippen molar-refractivity contribution in [3.05, 3.63) is 76.6 Å². The Morgan fingerprint density at radius 1 is 0.833 bits per heavy atom. The van der Waals surface area contributed by atoms with E-state index in [9.17, 15) is 14.4 Å². The summed E-state index contributed by atoms with van der Waals surface area (Å²) in [6, 6.07) is 14.8. The van der Waals surface area contributed by atoms with E-state index in [1.165, 1.54) is 44.1 Å². The predicted molar refractivity (Wildman–Crippen MR) is 157 cm³/mol. The zero-order valence-electron chi connectivity index (χ0n) is 23.8. The van der Waals surface area contributed by atoms with Crippen molar-refractivity contribution in [2.75, 3.05) is 11.7 Å². The van der Waals surface area contributed by atoms with E-state index >= 15 is 0 Å². The summed E-state index contributed by atoms with van der Waals surface area (Å²) >= 11 is 0. The van der Waals surface area contributed by atoms with Gasteiger partial charge in [0.05, 0.1) is 5.69 Å². The monoisotopic (exact) mass is 563 g/mol. The Morgan fingerprint density at radius 2 is 1.48 bits per heavy atom. The Kier molecular flexibility index (Phi) is 5.49. The SMILES string of the molecule is Cc1cc(/C=C2\C(=O)NC(=O)N(c3ccc(C45CC6CC(CC(C6)C4)C5)cc3)C2=O)c(C)n1-c1ccc2c(c1)OCO2. The van der Waals surface area contributed by atoms with Crippen LogP contribution in [-0.2, 0) is 15.0 Å². The number of carbonyl (C=O) groups is 3. The molecule has 4 aliphatic carbocycles. The summed E-state index contributed by atoms with van der Waals surface area (Å²) in [4.78, 5) is 40.6. The largest absolute Gasteiger partial charge is 0.454 e. The van der Waals surface area contributed by atoms with E-state index in [-0.39, 0.29) is 17.8 Å². The lowest BCUT2D eigenvalue weighted by Crippen LogP contribution is -2.54. The first-order valence-corrected chi connectivity index (χ1v) is 14.9. The Morgan fingerprint density at radius 3 is 2.17 bits per heavy atom. The van der Waals surface area contributed by atoms with Gasteiger partial charge in [0.2, 0.25) is 6.79 Å². The van der Waals surface area contributed by atoms with Crippen LogP contribution in [-0.4, -0.2) is 29.2 Å². The molecule has 8 nitrogen and oxygen atoms in total. The van der Waals surface area contributed by atoms with Crippen molar-refractivity contribution in [3.63, 3.8) is 0 Å². The molecule has 1 N–H and O–H groups in total. The first kappa shape index (κ1) is 25.4. The van der Waals surface area contributed by atoms with Crippen molar-refractivity contribution < 1.29 is 23.9 Å². The zero-order chi connectivity index (χ0) is 28.7. The molecule has 42 heavy (non-hydrogen) atoms. The van der Waals surface area contributed by atoms with Crippen LogP contribution in [0.5, 0.6) is 11.5 Å². The molecule has 4 bridgehead atoms. The van der Waals surface area contributed by atoms with Crippen LogP contribution in [0, 0.1) is 31.6 Å². The minimum atomic E-state index is -0.726. The smallest absolute Gasteiger partial charge is 0.335 e. The van der Waals surface area contributed by atoms with Gasteiger partial charge in [-0.2, -0.15) is 0 Å². The summed E-state index contributed by atoms with van der Waals surface area (Å²) in [5.74, 6) is 2.54. The van der Waals surface area contributed by atoms with E-state index in [1.807, 2.05) is 54.8 Å². The van der Waals surface area contributed by atoms with Gasteiger partial charge < -0.3 is 14.0 Å². The van der Waals surface area contributed by atoms with Gasteiger partial charge in [0.25, 0.3) is 11.8 Å². The molecule has 5 fully saturated rings. The summed E-state index contributed by atoms with van der Waals surface area (Å²) in [5, 5.41) is 2.37. The number of rotatable bonds is 4. The normalized spacial score (nSPS) is 28.6. The van der Waals surface area contributed by atoms with Crippen molar-refractivity contribution in [1.29, 1.82) is 0 Å². The quantitative estimate of drug-likeness (QED) is 0.313. The molecule has 0 radical (unpaired) electrons. The number of barbiturate groups is 1. The fourth-order valence-electron chi connectivity index (χ4n) is 8.83. The Hall–Kier alpha value is -4.33. The molecule has 1 aromatic heterocycles. The molecule has 4 saturated carbocycles. The molecule has 1 saturated heterocycles. The van der Waals surface area contributed by atoms with Crippen LogP contribution in [0.15, 0.2) is 54.1 Å². The number of fused-ring (bicyclic) bond motifs is 1. The number of ether oxygens (including phenoxy) is 2. The number of amides is 4. The molecule has 8 heteroatoms. The molecule has 214 valence electrons. The average molecular weight is 564 g/mol. The van der Waals surface area contributed by atoms with Gasteiger partial charge in [0, 0.05) is 23.1 Å². The van der Waals surface area contributed by atoms with E-state index in [0.717, 1.165) is 45.3 Å². The highest BCUT2D eigenvalue weighted by Crippen LogP contribution is 2.60. The summed E-state index contributed by atoms with van der Waals surface area (Å²) in [7, 11) is 0. The number of carbonyl (C=O) groups excluding carboxylic acids is 3. The fraction of sp³-hybridized carbons (Fsp3) is 0.382. The lowest BCUT2D eigenvalue weighted by atomic mass is 9.48. The molecule has 3 aromatic rings. The lowest BCUT2D eigenvalue weighted by Gasteiger charge is -2.57. The molecule has 3 heterocycles. The minimum Gasteiger partial charge on any atom is -0.454 e. The van der Waals surface area contributed by atoms with Gasteiger partial charge in [-0.15, -0.1) is 0 Å². The van der Waals surface area contributed by atoms with Crippen LogP contribution < -0.4 is 19.7 Å². The van der Waals surface area contributed by atoms with E-state index in [1.54, 1.807) is 6.08 Å². The molecule has 9 rings (SSSR count). The molecule has 2 aliphatic heterocycles. The third-order valence-electron chi connectivity index (χ3n) is 10.3. The van der Waals surface area contributed by atoms with E-state index in [2.05, 4.69) is 17.4 Å². The highest BCUT2D eigenvalue weighted by Gasteiger charge is 2.51. The summed E-state index contributed by atoms with van der Waals surface area (Å²) in [5.41, 5.74) is 5.31. The molecule has 6 aliphatic rings. The third-order valence-corrected chi connectivity index (χ3v) is 10.3. The maximum Gasteiger partial charge on any atom is 0.335 e. The average Bonchev–Trinajstić information content (AvgIpc) is 3.53. The van der Waals surface area contributed by atoms with Gasteiger partial charge in [0.15, 0.2) is 11.5 Å². The van der Waals surface area contributed by atoms with Crippen LogP contribution in [0.2, 0.25) is 0 Å². The Labute approximate surface area is 244 Å². The standard InChI is InChI=1S/C34H33N3O5/c1-19-9-24(20(2)36(19)27-7-8-29-30(14-27)42-18-41-29)13-28-31(38)35-33(40)37(32(28)39)26-5-3-25(4-6-26)34-15-21-10-22(16-34)12-23(11-21)17-34/h3-9,13-14,21-23H,10-12,15-18H2,1-2H3,(H,35,38,40)/b28-13+. The summed E-state index contributed by atoms with van der Waals surface area (Å²) in [6.07, 6.45) is 9.44. The van der Waals surface area contributed by atoms with Crippen LogP contribution >= 0.6 is 0 Å². The van der Waals surface area contributed by atoms with Gasteiger partial charge in [-0.1, -0.05) is 12.1 Å². The van der Waals surface area contributed by atoms with Crippen LogP contribution in [0.1, 0.15) is 61.0 Å². The zero-order valence-corrected chi connectivity index (χ0v) is 23.8. The first-order chi connectivity index (χ1) is 20.3. The topological polar surface area (TPSA) is 89.9 Å². The summed E-state index contributed by atoms with van der Waals surface area (Å²) < 4.78 is 13.0. The van der Waals surface area contributed by atoms with Crippen LogP contribution in [0.25, 0.3) is 11.8 Å². The van der Waals surface area contributed by atoms with Crippen LogP contribution in [0.4, 0.5) is 10.5 Å². The number of imide groups is 2. The molecule has 0 atom stereocenters. The van der Waals surface area contributed by atoms with Crippen molar-refractivity contribution in [1.82, 2.24) is 9.88 Å². The third kappa shape index (κ3) is 3.84. The Balaban J connectivity index is 1.09. The molecule has 4 amide bonds. The van der Waals surface area contributed by atoms with Gasteiger partial charge >= 0.3 is 6.03 Å². The number of urea groups is 1. The number of hydrogen-bond acceptors (Lipinski definition) is 5. The maximum atomic E-state index is 13.7. The van der Waals surface area contributed by atoms with Gasteiger partial charge in [-0.25, -0.2) is 9.69 Å². The van der Waals surface area contributed by atoms with Crippen LogP contribution in [0.3, 0.4) is 0 Å². The minimum absolute atomic E-state index is 0.0781. The van der Waals surface area contributed by atoms with Gasteiger partial charge in [-0.05, 0) is 123 Å². The first-order valence-electron chi connectivity index (χ1n) is 14.9. The number of benzene rings is 2. The fourth-order valence-corrected chi connectivity index (χ4v) is 8.83. The van der Waals surface area contributed by atoms with Crippen molar-refractivity contribution in [2.24, 2.45) is 17.8 Å². The van der Waals surface area contributed by atoms with E-state index in [4.69, 9.17) is 9.47 Å². The van der Waals surface area contributed by atoms with E-state index < -0.39 is 17.8 Å². The van der Waals surface area contributed by atoms with Gasteiger partial charge in [-0.3, -0.25) is 14.9 Å². The number of nitrogens with one attached hydrogen (secondary N) is 1. The van der Waals surface area contributed by atoms with Crippen molar-refractivity contribution in [3.8, 4) is 17.2 Å². The number of aromatic nitrogens is 1. The van der Waals surface area contributed by atoms with Crippen molar-refractivity contribution in [2.45, 2.75) is 57.8 Å². The highest BCUT2D eigenvalue weighted by molar-refractivity contribution is 6.39. The molecule has 0 unspecified atom stereocenters. The molecule has 2 aromatic carbocycles. The maximum absolute atomic E-state index is 13.7. The molecular weight excluding hydrogens is 530 g/mol. The van der Waals surface area contributed by atoms with Crippen molar-refractivity contribution >= 4 is 29.6 Å². The second-order valence-corrected chi connectivity index (χ2v) is 12.9. The molecule has 0 spiro atoms. The second kappa shape index (κ2) is 9.08. The number of aryl methyl sites for hydroxylation is 1. The van der Waals surface area contributed by atoms with Gasteiger partial charge in [0.1, 0.15) is 5.57 Å². The number of nitrogens with zero attached hydrogens (tertiary/aromatic N) is 2. The predicted octanol–water partition coefficient (Wildman–Crippen LogP) is 5.96.